The van der Waals surface area contributed by atoms with Gasteiger partial charge >= 0.3 is 0 Å². The molecule has 27 heavy (non-hydrogen) atoms. The van der Waals surface area contributed by atoms with E-state index in [2.05, 4.69) is 37.2 Å². The van der Waals surface area contributed by atoms with Crippen molar-refractivity contribution in [2.45, 2.75) is 13.8 Å². The summed E-state index contributed by atoms with van der Waals surface area (Å²) in [5.74, 6) is 0.470. The summed E-state index contributed by atoms with van der Waals surface area (Å²) in [5.41, 5.74) is 4.00. The van der Waals surface area contributed by atoms with E-state index in [1.807, 2.05) is 22.8 Å². The minimum atomic E-state index is -0.132. The number of imidazole rings is 1. The molecular weight excluding hydrogens is 408 g/mol. The lowest BCUT2D eigenvalue weighted by Crippen LogP contribution is -2.04. The number of Topliss-reactive ketones (excluding diaryl/α,β-unsaturated/α-hetero) is 1. The lowest BCUT2D eigenvalue weighted by molar-refractivity contribution is 0.101. The number of rotatable bonds is 3. The molecule has 7 nitrogen and oxygen atoms in total. The third kappa shape index (κ3) is 2.82. The zero-order valence-electron chi connectivity index (χ0n) is 14.5. The highest BCUT2D eigenvalue weighted by molar-refractivity contribution is 9.10. The van der Waals surface area contributed by atoms with Crippen molar-refractivity contribution in [1.29, 1.82) is 5.26 Å². The fourth-order valence-electron chi connectivity index (χ4n) is 3.03. The average Bonchev–Trinajstić information content (AvgIpc) is 3.23. The molecule has 0 unspecified atom stereocenters. The molecule has 0 aliphatic carbocycles. The highest BCUT2D eigenvalue weighted by Gasteiger charge is 2.20. The summed E-state index contributed by atoms with van der Waals surface area (Å²) in [6, 6.07) is 11.3. The zero-order chi connectivity index (χ0) is 19.1. The molecule has 132 valence electrons. The first kappa shape index (κ1) is 17.1. The fourth-order valence-corrected chi connectivity index (χ4v) is 3.37. The number of halogens is 1. The van der Waals surface area contributed by atoms with E-state index in [0.29, 0.717) is 28.3 Å². The van der Waals surface area contributed by atoms with Gasteiger partial charge in [0.1, 0.15) is 18.2 Å². The van der Waals surface area contributed by atoms with Crippen molar-refractivity contribution in [3.05, 3.63) is 58.1 Å². The predicted octanol–water partition coefficient (Wildman–Crippen LogP) is 3.96. The molecule has 0 atom stereocenters. The monoisotopic (exact) mass is 420 g/mol. The number of nitrogens with one attached hydrogen (secondary N) is 1. The number of aryl methyl sites for hydroxylation is 1. The van der Waals surface area contributed by atoms with Crippen molar-refractivity contribution in [3.8, 4) is 23.1 Å². The molecule has 1 N–H and O–H groups in total. The van der Waals surface area contributed by atoms with Gasteiger partial charge in [0.2, 0.25) is 0 Å². The van der Waals surface area contributed by atoms with Gasteiger partial charge in [-0.05, 0) is 44.2 Å². The van der Waals surface area contributed by atoms with E-state index in [0.717, 1.165) is 15.5 Å². The van der Waals surface area contributed by atoms with Crippen LogP contribution in [0.5, 0.6) is 0 Å². The van der Waals surface area contributed by atoms with Gasteiger partial charge in [-0.25, -0.2) is 9.97 Å². The summed E-state index contributed by atoms with van der Waals surface area (Å²) in [4.78, 5) is 21.3. The van der Waals surface area contributed by atoms with Gasteiger partial charge in [0.15, 0.2) is 11.5 Å². The standard InChI is InChI=1S/C19H13BrN6O/c1-10-18(15(8-21)25-24-10)19-13(11(2)27)4-6-17(23-19)26-9-22-14-7-12(20)3-5-16(14)26/h3-7,9H,1-2H3,(H,24,25). The van der Waals surface area contributed by atoms with Gasteiger partial charge in [-0.3, -0.25) is 14.5 Å². The van der Waals surface area contributed by atoms with Crippen molar-refractivity contribution in [2.24, 2.45) is 0 Å². The summed E-state index contributed by atoms with van der Waals surface area (Å²) in [5, 5.41) is 16.2. The van der Waals surface area contributed by atoms with Crippen molar-refractivity contribution in [1.82, 2.24) is 24.7 Å². The molecule has 0 amide bonds. The molecule has 0 radical (unpaired) electrons. The van der Waals surface area contributed by atoms with E-state index in [4.69, 9.17) is 4.98 Å². The predicted molar refractivity (Wildman–Crippen MR) is 104 cm³/mol. The van der Waals surface area contributed by atoms with Crippen molar-refractivity contribution in [2.75, 3.05) is 0 Å². The van der Waals surface area contributed by atoms with Crippen LogP contribution in [0.15, 0.2) is 41.1 Å². The normalized spacial score (nSPS) is 10.9. The van der Waals surface area contributed by atoms with Crippen molar-refractivity contribution >= 4 is 32.7 Å². The maximum absolute atomic E-state index is 12.1. The first-order valence-electron chi connectivity index (χ1n) is 8.10. The van der Waals surface area contributed by atoms with Crippen LogP contribution in [0.25, 0.3) is 28.1 Å². The number of hydrogen-bond donors (Lipinski definition) is 1. The topological polar surface area (TPSA) is 100 Å². The Balaban J connectivity index is 1.98. The second kappa shape index (κ2) is 6.45. The van der Waals surface area contributed by atoms with Crippen LogP contribution in [-0.4, -0.2) is 30.5 Å². The Kier molecular flexibility index (Phi) is 4.09. The second-order valence-corrected chi connectivity index (χ2v) is 6.97. The molecule has 8 heteroatoms. The van der Waals surface area contributed by atoms with Crippen molar-refractivity contribution < 1.29 is 4.79 Å². The molecule has 1 aromatic carbocycles. The number of carbonyl (C=O) groups is 1. The third-order valence-corrected chi connectivity index (χ3v) is 4.80. The Bertz CT molecular complexity index is 1250. The van der Waals surface area contributed by atoms with E-state index < -0.39 is 0 Å². The number of aromatic nitrogens is 5. The van der Waals surface area contributed by atoms with Crippen LogP contribution in [0.3, 0.4) is 0 Å². The number of H-pyrrole nitrogens is 1. The lowest BCUT2D eigenvalue weighted by atomic mass is 10.0. The number of carbonyl (C=O) groups excluding carboxylic acids is 1. The van der Waals surface area contributed by atoms with Gasteiger partial charge in [-0.2, -0.15) is 10.4 Å². The molecule has 0 aliphatic heterocycles. The van der Waals surface area contributed by atoms with Crippen LogP contribution in [0.4, 0.5) is 0 Å². The number of fused-ring (bicyclic) bond motifs is 1. The van der Waals surface area contributed by atoms with E-state index >= 15 is 0 Å². The molecule has 3 heterocycles. The second-order valence-electron chi connectivity index (χ2n) is 6.05. The van der Waals surface area contributed by atoms with Gasteiger partial charge in [0.25, 0.3) is 0 Å². The molecule has 4 rings (SSSR count). The summed E-state index contributed by atoms with van der Waals surface area (Å²) in [6.07, 6.45) is 1.68. The van der Waals surface area contributed by atoms with Gasteiger partial charge < -0.3 is 0 Å². The number of hydrogen-bond acceptors (Lipinski definition) is 5. The van der Waals surface area contributed by atoms with Gasteiger partial charge in [-0.1, -0.05) is 15.9 Å². The molecule has 0 bridgehead atoms. The summed E-state index contributed by atoms with van der Waals surface area (Å²) >= 11 is 3.44. The van der Waals surface area contributed by atoms with Crippen LogP contribution in [-0.2, 0) is 0 Å². The van der Waals surface area contributed by atoms with Crippen LogP contribution in [0.2, 0.25) is 0 Å². The maximum Gasteiger partial charge on any atom is 0.171 e. The highest BCUT2D eigenvalue weighted by Crippen LogP contribution is 2.29. The van der Waals surface area contributed by atoms with E-state index in [1.165, 1.54) is 6.92 Å². The summed E-state index contributed by atoms with van der Waals surface area (Å²) in [6.45, 7) is 3.28. The van der Waals surface area contributed by atoms with Gasteiger partial charge in [0, 0.05) is 15.7 Å². The minimum Gasteiger partial charge on any atom is -0.294 e. The number of ketones is 1. The maximum atomic E-state index is 12.1. The fraction of sp³-hybridized carbons (Fsp3) is 0.105. The van der Waals surface area contributed by atoms with Gasteiger partial charge in [-0.15, -0.1) is 0 Å². The number of benzene rings is 1. The molecule has 3 aromatic heterocycles. The third-order valence-electron chi connectivity index (χ3n) is 4.31. The Morgan fingerprint density at radius 3 is 2.85 bits per heavy atom. The first-order chi connectivity index (χ1) is 13.0. The lowest BCUT2D eigenvalue weighted by Gasteiger charge is -2.10. The quantitative estimate of drug-likeness (QED) is 0.505. The molecule has 4 aromatic rings. The van der Waals surface area contributed by atoms with E-state index in [1.54, 1.807) is 25.4 Å². The SMILES string of the molecule is CC(=O)c1ccc(-n2cnc3cc(Br)ccc32)nc1-c1c(C#N)n[nH]c1C. The molecule has 0 fully saturated rings. The van der Waals surface area contributed by atoms with Gasteiger partial charge in [0.05, 0.1) is 22.3 Å². The largest absolute Gasteiger partial charge is 0.294 e. The summed E-state index contributed by atoms with van der Waals surface area (Å²) in [7, 11) is 0. The molecule has 0 saturated heterocycles. The first-order valence-corrected chi connectivity index (χ1v) is 8.89. The average molecular weight is 421 g/mol. The van der Waals surface area contributed by atoms with Crippen LogP contribution < -0.4 is 0 Å². The number of aromatic amines is 1. The smallest absolute Gasteiger partial charge is 0.171 e. The Morgan fingerprint density at radius 1 is 1.30 bits per heavy atom. The van der Waals surface area contributed by atoms with Crippen LogP contribution >= 0.6 is 15.9 Å². The highest BCUT2D eigenvalue weighted by atomic mass is 79.9. The Labute approximate surface area is 162 Å². The van der Waals surface area contributed by atoms with E-state index in [9.17, 15) is 10.1 Å². The van der Waals surface area contributed by atoms with Crippen LogP contribution in [0.1, 0.15) is 28.7 Å². The number of nitriles is 1. The Hall–Kier alpha value is -3.31. The molecule has 0 aliphatic rings. The Morgan fingerprint density at radius 2 is 2.11 bits per heavy atom. The molecule has 0 spiro atoms. The van der Waals surface area contributed by atoms with Crippen molar-refractivity contribution in [3.63, 3.8) is 0 Å². The minimum absolute atomic E-state index is 0.132. The number of nitrogens with zero attached hydrogens (tertiary/aromatic N) is 5. The zero-order valence-corrected chi connectivity index (χ0v) is 16.1. The molecule has 0 saturated carbocycles. The summed E-state index contributed by atoms with van der Waals surface area (Å²) < 4.78 is 2.78. The van der Waals surface area contributed by atoms with Crippen LogP contribution in [0, 0.1) is 18.3 Å². The number of pyridine rings is 1. The van der Waals surface area contributed by atoms with E-state index in [-0.39, 0.29) is 11.5 Å². The molecular formula is C19H13BrN6O.